The lowest BCUT2D eigenvalue weighted by atomic mass is 10.1. The number of thiazole rings is 1. The molecule has 2 aromatic rings. The molecule has 2 N–H and O–H groups in total. The molecule has 0 saturated carbocycles. The second-order valence-electron chi connectivity index (χ2n) is 4.77. The monoisotopic (exact) mass is 352 g/mol. The Hall–Kier alpha value is -2.45. The molecule has 118 valence electrons. The summed E-state index contributed by atoms with van der Waals surface area (Å²) in [6, 6.07) is 4.69. The van der Waals surface area contributed by atoms with Gasteiger partial charge in [0, 0.05) is 16.8 Å². The lowest BCUT2D eigenvalue weighted by Gasteiger charge is -2.02. The molecule has 0 radical (unpaired) electrons. The van der Waals surface area contributed by atoms with E-state index in [9.17, 15) is 19.5 Å². The van der Waals surface area contributed by atoms with Gasteiger partial charge in [-0.3, -0.25) is 19.0 Å². The Balaban J connectivity index is 2.20. The van der Waals surface area contributed by atoms with Crippen LogP contribution in [0.4, 0.5) is 0 Å². The van der Waals surface area contributed by atoms with Crippen molar-refractivity contribution < 1.29 is 19.8 Å². The van der Waals surface area contributed by atoms with Crippen LogP contribution in [0.2, 0.25) is 5.02 Å². The van der Waals surface area contributed by atoms with Crippen molar-refractivity contribution in [1.82, 2.24) is 4.57 Å². The molecule has 1 aliphatic rings. The first kappa shape index (κ1) is 15.4. The third kappa shape index (κ3) is 2.66. The molecule has 0 saturated heterocycles. The van der Waals surface area contributed by atoms with Gasteiger partial charge >= 0.3 is 10.8 Å². The predicted molar refractivity (Wildman–Crippen MR) is 82.2 cm³/mol. The maximum atomic E-state index is 12.1. The fraction of sp³-hybridized carbons (Fsp3) is 0.143. The summed E-state index contributed by atoms with van der Waals surface area (Å²) in [5, 5.41) is 20.2. The van der Waals surface area contributed by atoms with E-state index in [1.807, 2.05) is 0 Å². The number of rotatable bonds is 4. The molecule has 0 atom stereocenters. The number of fused-ring (bicyclic) bond motifs is 1. The zero-order valence-electron chi connectivity index (χ0n) is 11.4. The molecule has 0 spiro atoms. The summed E-state index contributed by atoms with van der Waals surface area (Å²) >= 11 is 6.59. The highest BCUT2D eigenvalue weighted by atomic mass is 35.5. The van der Waals surface area contributed by atoms with Gasteiger partial charge in [-0.1, -0.05) is 22.9 Å². The van der Waals surface area contributed by atoms with Gasteiger partial charge in [0.15, 0.2) is 0 Å². The minimum atomic E-state index is -1.10. The van der Waals surface area contributed by atoms with Crippen LogP contribution in [0.1, 0.15) is 11.3 Å². The average molecular weight is 353 g/mol. The zero-order chi connectivity index (χ0) is 16.7. The summed E-state index contributed by atoms with van der Waals surface area (Å²) in [7, 11) is 0. The molecule has 1 aromatic heterocycles. The Morgan fingerprint density at radius 3 is 2.78 bits per heavy atom. The molecule has 0 bridgehead atoms. The predicted octanol–water partition coefficient (Wildman–Crippen LogP) is 0.102. The van der Waals surface area contributed by atoms with Crippen molar-refractivity contribution in [2.75, 3.05) is 0 Å². The van der Waals surface area contributed by atoms with Gasteiger partial charge < -0.3 is 10.2 Å². The highest BCUT2D eigenvalue weighted by molar-refractivity contribution is 7.11. The number of halogens is 1. The van der Waals surface area contributed by atoms with E-state index < -0.39 is 22.6 Å². The molecule has 1 aromatic carbocycles. The highest BCUT2D eigenvalue weighted by Gasteiger charge is 2.26. The Bertz CT molecular complexity index is 1020. The summed E-state index contributed by atoms with van der Waals surface area (Å²) in [5.74, 6) is -2.11. The number of benzene rings is 1. The van der Waals surface area contributed by atoms with Gasteiger partial charge in [0.1, 0.15) is 4.88 Å². The van der Waals surface area contributed by atoms with Crippen molar-refractivity contribution in [1.29, 1.82) is 0 Å². The molecule has 9 heteroatoms. The normalized spacial score (nSPS) is 13.1. The third-order valence-electron chi connectivity index (χ3n) is 3.31. The number of carboxylic acid groups (broad SMARTS) is 1. The van der Waals surface area contributed by atoms with Gasteiger partial charge in [-0.15, -0.1) is 0 Å². The number of aromatic hydroxyl groups is 1. The van der Waals surface area contributed by atoms with E-state index in [2.05, 4.69) is 4.99 Å². The summed E-state index contributed by atoms with van der Waals surface area (Å²) < 4.78 is 0.928. The number of nitrogens with zero attached hydrogens (tertiary/aromatic N) is 2. The molecule has 7 nitrogen and oxygen atoms in total. The number of aromatic nitrogens is 1. The molecule has 2 heterocycles. The van der Waals surface area contributed by atoms with Gasteiger partial charge in [-0.25, -0.2) is 4.99 Å². The molecule has 3 rings (SSSR count). The first-order valence-electron chi connectivity index (χ1n) is 6.46. The van der Waals surface area contributed by atoms with E-state index in [0.717, 1.165) is 4.57 Å². The highest BCUT2D eigenvalue weighted by Crippen LogP contribution is 2.28. The van der Waals surface area contributed by atoms with E-state index in [4.69, 9.17) is 16.7 Å². The van der Waals surface area contributed by atoms with Crippen molar-refractivity contribution in [3.05, 3.63) is 48.3 Å². The van der Waals surface area contributed by atoms with Crippen molar-refractivity contribution in [3.8, 4) is 5.88 Å². The summed E-state index contributed by atoms with van der Waals surface area (Å²) in [6.45, 7) is -0.183. The van der Waals surface area contributed by atoms with Crippen LogP contribution in [-0.2, 0) is 16.1 Å². The number of carbonyl (C=O) groups is 2. The van der Waals surface area contributed by atoms with Crippen molar-refractivity contribution >= 4 is 40.4 Å². The fourth-order valence-electron chi connectivity index (χ4n) is 2.27. The van der Waals surface area contributed by atoms with Gasteiger partial charge in [0.25, 0.3) is 5.91 Å². The lowest BCUT2D eigenvalue weighted by molar-refractivity contribution is -0.137. The summed E-state index contributed by atoms with van der Waals surface area (Å²) in [4.78, 5) is 38.1. The number of carbonyl (C=O) groups excluding carboxylic acids is 1. The van der Waals surface area contributed by atoms with Crippen molar-refractivity contribution in [3.63, 3.8) is 0 Å². The average Bonchev–Trinajstić information content (AvgIpc) is 2.93. The Kier molecular flexibility index (Phi) is 3.78. The smallest absolute Gasteiger partial charge is 0.310 e. The number of aliphatic carboxylic acids is 1. The van der Waals surface area contributed by atoms with E-state index in [1.165, 1.54) is 6.07 Å². The van der Waals surface area contributed by atoms with Crippen LogP contribution >= 0.6 is 22.9 Å². The standard InChI is InChI=1S/C14H9ClN2O5S/c15-6-1-2-8-7(5-6)10(12(20)16-8)11-13(21)17(14(22)23-11)4-3-9(18)19/h1-2,5,21H,3-4H2,(H,18,19). The van der Waals surface area contributed by atoms with Crippen LogP contribution in [0.5, 0.6) is 5.88 Å². The zero-order valence-corrected chi connectivity index (χ0v) is 13.0. The maximum Gasteiger partial charge on any atom is 0.310 e. The van der Waals surface area contributed by atoms with Gasteiger partial charge in [0.05, 0.1) is 17.4 Å². The first-order chi connectivity index (χ1) is 10.9. The van der Waals surface area contributed by atoms with Crippen LogP contribution in [0.15, 0.2) is 28.0 Å². The summed E-state index contributed by atoms with van der Waals surface area (Å²) in [5.41, 5.74) is 0.0937. The molecular formula is C14H9ClN2O5S. The Labute approximate surface area is 137 Å². The SMILES string of the molecule is O=C(O)CCn1c(O)c(C2=c3cc(Cl)ccc3=NC2=O)sc1=O. The maximum absolute atomic E-state index is 12.1. The van der Waals surface area contributed by atoms with Crippen molar-refractivity contribution in [2.24, 2.45) is 4.99 Å². The van der Waals surface area contributed by atoms with Crippen LogP contribution in [0.3, 0.4) is 0 Å². The van der Waals surface area contributed by atoms with Crippen molar-refractivity contribution in [2.45, 2.75) is 13.0 Å². The van der Waals surface area contributed by atoms with Crippen LogP contribution in [-0.4, -0.2) is 26.7 Å². The van der Waals surface area contributed by atoms with Crippen LogP contribution in [0.25, 0.3) is 5.57 Å². The largest absolute Gasteiger partial charge is 0.493 e. The molecular weight excluding hydrogens is 344 g/mol. The lowest BCUT2D eigenvalue weighted by Crippen LogP contribution is -2.22. The van der Waals surface area contributed by atoms with Crippen LogP contribution < -0.4 is 15.4 Å². The topological polar surface area (TPSA) is 109 Å². The molecule has 1 amide bonds. The van der Waals surface area contributed by atoms with E-state index in [0.29, 0.717) is 26.9 Å². The molecule has 0 aliphatic carbocycles. The molecule has 0 fully saturated rings. The van der Waals surface area contributed by atoms with E-state index in [1.54, 1.807) is 12.1 Å². The van der Waals surface area contributed by atoms with E-state index >= 15 is 0 Å². The number of carboxylic acids is 1. The van der Waals surface area contributed by atoms with Gasteiger partial charge in [-0.05, 0) is 18.2 Å². The Morgan fingerprint density at radius 1 is 1.35 bits per heavy atom. The van der Waals surface area contributed by atoms with Gasteiger partial charge in [0.2, 0.25) is 5.88 Å². The minimum absolute atomic E-state index is 0.0650. The second kappa shape index (κ2) is 5.64. The second-order valence-corrected chi connectivity index (χ2v) is 6.17. The van der Waals surface area contributed by atoms with Gasteiger partial charge in [-0.2, -0.15) is 0 Å². The number of amides is 1. The number of hydrogen-bond acceptors (Lipinski definition) is 5. The Morgan fingerprint density at radius 2 is 2.09 bits per heavy atom. The van der Waals surface area contributed by atoms with E-state index in [-0.39, 0.29) is 23.4 Å². The van der Waals surface area contributed by atoms with Crippen LogP contribution in [0, 0.1) is 0 Å². The molecule has 0 unspecified atom stereocenters. The first-order valence-corrected chi connectivity index (χ1v) is 7.65. The summed E-state index contributed by atoms with van der Waals surface area (Å²) in [6.07, 6.45) is -0.320. The molecule has 1 aliphatic heterocycles. The quantitative estimate of drug-likeness (QED) is 0.811. The minimum Gasteiger partial charge on any atom is -0.493 e. The fourth-order valence-corrected chi connectivity index (χ4v) is 3.41. The molecule has 23 heavy (non-hydrogen) atoms. The third-order valence-corrected chi connectivity index (χ3v) is 4.53. The number of hydrogen-bond donors (Lipinski definition) is 2.